The van der Waals surface area contributed by atoms with Crippen molar-refractivity contribution in [2.75, 3.05) is 6.61 Å². The molecule has 0 saturated heterocycles. The number of aryl methyl sites for hydroxylation is 6. The summed E-state index contributed by atoms with van der Waals surface area (Å²) in [6, 6.07) is 45.1. The van der Waals surface area contributed by atoms with Crippen molar-refractivity contribution >= 4 is 83.1 Å². The number of ether oxygens (including phenoxy) is 1. The number of hydrogen-bond donors (Lipinski definition) is 7. The molecular weight excluding hydrogens is 1350 g/mol. The third-order valence-corrected chi connectivity index (χ3v) is 19.0. The Morgan fingerprint density at radius 3 is 1.55 bits per heavy atom. The van der Waals surface area contributed by atoms with Crippen molar-refractivity contribution in [2.24, 2.45) is 22.3 Å². The first-order valence-corrected chi connectivity index (χ1v) is 34.4. The molecule has 4 atom stereocenters. The fourth-order valence-corrected chi connectivity index (χ4v) is 14.7. The molecule has 14 rings (SSSR count). The molecule has 8 aliphatic carbocycles. The fraction of sp³-hybridized carbons (Fsp3) is 0.400. The Morgan fingerprint density at radius 2 is 0.980 bits per heavy atom. The number of nitrogens with two attached hydrogens (primary N) is 1. The van der Waals surface area contributed by atoms with Crippen molar-refractivity contribution in [3.8, 4) is 0 Å². The summed E-state index contributed by atoms with van der Waals surface area (Å²) in [7, 11) is 0. The van der Waals surface area contributed by atoms with E-state index in [0.29, 0.717) is 36.2 Å². The van der Waals surface area contributed by atoms with Crippen LogP contribution in [0, 0.1) is 16.0 Å². The van der Waals surface area contributed by atoms with E-state index in [1.165, 1.54) is 106 Å². The van der Waals surface area contributed by atoms with Crippen LogP contribution < -0.4 is 35.5 Å². The van der Waals surface area contributed by atoms with E-state index in [4.69, 9.17) is 50.5 Å². The summed E-state index contributed by atoms with van der Waals surface area (Å²) in [6.07, 6.45) is 27.5. The Bertz CT molecular complexity index is 3830. The van der Waals surface area contributed by atoms with Gasteiger partial charge in [0.05, 0.1) is 24.7 Å². The minimum Gasteiger partial charge on any atom is -0.481 e. The second kappa shape index (κ2) is 47.2. The van der Waals surface area contributed by atoms with Gasteiger partial charge in [0.2, 0.25) is 0 Å². The maximum absolute atomic E-state index is 12.1. The molecule has 0 spiro atoms. The molecule has 6 aromatic rings. The van der Waals surface area contributed by atoms with Crippen LogP contribution in [-0.2, 0) is 67.2 Å². The molecule has 0 fully saturated rings. The van der Waals surface area contributed by atoms with Crippen molar-refractivity contribution in [3.05, 3.63) is 234 Å². The first kappa shape index (κ1) is 88.1. The van der Waals surface area contributed by atoms with Crippen molar-refractivity contribution in [1.29, 1.82) is 0 Å². The molecular formula is C80H96Cl2N3NaO16. The van der Waals surface area contributed by atoms with Gasteiger partial charge < -0.3 is 45.7 Å². The van der Waals surface area contributed by atoms with E-state index in [0.717, 1.165) is 142 Å². The Hall–Kier alpha value is -8.14. The van der Waals surface area contributed by atoms with Crippen LogP contribution in [0.3, 0.4) is 0 Å². The van der Waals surface area contributed by atoms with E-state index < -0.39 is 35.8 Å². The number of benzene rings is 6. The Labute approximate surface area is 632 Å². The fourth-order valence-electron chi connectivity index (χ4n) is 14.7. The Kier molecular flexibility index (Phi) is 40.7. The molecule has 102 heavy (non-hydrogen) atoms. The summed E-state index contributed by atoms with van der Waals surface area (Å²) in [6.45, 7) is 3.06. The van der Waals surface area contributed by atoms with E-state index in [1.807, 2.05) is 78.9 Å². The molecule has 4 unspecified atom stereocenters. The number of Topliss-reactive ketones (excluding diaryl/α,β-unsaturated/α-hetero) is 2. The first-order chi connectivity index (χ1) is 48.0. The summed E-state index contributed by atoms with van der Waals surface area (Å²) in [5.74, 6) is 1.62. The summed E-state index contributed by atoms with van der Waals surface area (Å²) in [5, 5.41) is 61.8. The number of ketones is 2. The largest absolute Gasteiger partial charge is 1.00 e. The number of halogens is 2. The van der Waals surface area contributed by atoms with Gasteiger partial charge >= 0.3 is 53.4 Å². The quantitative estimate of drug-likeness (QED) is 0.0208. The number of carboxylic acid groups (broad SMARTS) is 4. The van der Waals surface area contributed by atoms with Crippen LogP contribution in [0.2, 0.25) is 0 Å². The number of carboxylic acids is 4. The van der Waals surface area contributed by atoms with E-state index in [9.17, 15) is 28.8 Å². The molecule has 0 saturated carbocycles. The summed E-state index contributed by atoms with van der Waals surface area (Å²) >= 11 is 0. The topological polar surface area (TPSA) is 341 Å². The molecule has 0 bridgehead atoms. The molecule has 0 aliphatic heterocycles. The van der Waals surface area contributed by atoms with Crippen LogP contribution in [0.1, 0.15) is 241 Å². The Balaban J connectivity index is 0.000000310. The van der Waals surface area contributed by atoms with E-state index >= 15 is 0 Å². The third-order valence-electron chi connectivity index (χ3n) is 19.0. The zero-order valence-corrected chi connectivity index (χ0v) is 62.2. The second-order valence-electron chi connectivity index (χ2n) is 25.3. The molecule has 8 aliphatic rings. The van der Waals surface area contributed by atoms with Gasteiger partial charge in [0.15, 0.2) is 11.6 Å². The number of allylic oxidation sites excluding steroid dienone is 3. The predicted molar refractivity (Wildman–Crippen MR) is 396 cm³/mol. The van der Waals surface area contributed by atoms with Crippen molar-refractivity contribution in [1.82, 2.24) is 0 Å². The van der Waals surface area contributed by atoms with Crippen LogP contribution in [0.5, 0.6) is 0 Å². The number of rotatable bonds is 11. The number of oxime groups is 1. The van der Waals surface area contributed by atoms with Crippen LogP contribution in [0.25, 0.3) is 11.1 Å². The van der Waals surface area contributed by atoms with Crippen LogP contribution in [-0.4, -0.2) is 84.6 Å². The number of carbonyl (C=O) groups is 7. The first-order valence-electron chi connectivity index (χ1n) is 34.4. The van der Waals surface area contributed by atoms with Gasteiger partial charge in [-0.25, -0.2) is 5.90 Å². The summed E-state index contributed by atoms with van der Waals surface area (Å²) in [5.41, 5.74) is 20.6. The molecule has 22 heteroatoms. The average Bonchev–Trinajstić information content (AvgIpc) is 0.787. The number of fused-ring (bicyclic) bond motifs is 4. The van der Waals surface area contributed by atoms with Gasteiger partial charge in [0.25, 0.3) is 5.97 Å². The molecule has 0 radical (unpaired) electrons. The number of esters is 1. The summed E-state index contributed by atoms with van der Waals surface area (Å²) in [4.78, 5) is 84.2. The Morgan fingerprint density at radius 1 is 0.529 bits per heavy atom. The zero-order chi connectivity index (χ0) is 71.6. The predicted octanol–water partition coefficient (Wildman–Crippen LogP) is 14.4. The number of nitrogens with zero attached hydrogens (tertiary/aromatic N) is 2. The van der Waals surface area contributed by atoms with Crippen molar-refractivity contribution in [3.63, 3.8) is 0 Å². The van der Waals surface area contributed by atoms with Gasteiger partial charge in [-0.1, -0.05) is 151 Å². The molecule has 542 valence electrons. The van der Waals surface area contributed by atoms with Gasteiger partial charge in [0, 0.05) is 49.3 Å². The standard InChI is InChI=1S/C16H18O4.C13H15NO.C13H16O2.C13H14O2.C13H14O.C10H10O.C2H4O2.2ClH.HNO2.H3NO.Na/c1-2-20-16(19)14(10-15(17)18)13-9-5-7-11-6-3-4-8-12(11)13;15-14-12-8-7-10-4-1-3-9-5-2-6-11(12)13(9)10;2*14-13(15)9-8-11-6-3-5-10-4-1-2-7-12(10)11;14-12-8-7-10-4-1-3-9-5-2-6-11(12)13(9)10;11-10-7-3-5-8-4-1-2-6-9(8)10;1-2(3)4;;;2-1-3;1-2;/h3-4,6,8-9,14H,2,5,7,10H2,1H3,(H,17,18);2,5-6,10,15H,1,3-4,7-8H2;1-2,4,7,11H,3,5-6,8-9H2,(H,14,15);1-2,4,6-7H,3,5,8-9H2,(H,14,15);2,5-6,10H,1,3-4,7-8H2;1-2,4,6H,3,5,7H2;1H3,(H,3,4);2*1H;(H,2,3);2H,1H2;/q;;;;;;;;;;;+1/p-1/b;14-12-;;;;;;;;;;. The normalized spacial score (nSPS) is 17.3. The van der Waals surface area contributed by atoms with Crippen LogP contribution >= 0.6 is 24.8 Å². The maximum Gasteiger partial charge on any atom is 1.00 e. The molecule has 6 aromatic carbocycles. The SMILES string of the molecule is CC(=O)O.CCOC(=O)C(CC(=O)O)C1=CCCc2ccccc21.Cl.Cl.NO.O/N=C1/CCC2CCCc3cccc1c32.O=C(O)CCC1=CCCc2ccccc21.O=C(O)CCC1CCCc2ccccc21.O=C1CCC2CCCc3cccc1c32.O=C1CCCc2ccccc21.O=N[O-].[Na+]. The average molecular weight is 1450 g/mol. The van der Waals surface area contributed by atoms with Crippen molar-refractivity contribution in [2.45, 2.75) is 192 Å². The van der Waals surface area contributed by atoms with Crippen LogP contribution in [0.15, 0.2) is 156 Å². The van der Waals surface area contributed by atoms with Crippen molar-refractivity contribution < 1.29 is 98.7 Å². The molecule has 0 amide bonds. The number of aliphatic carboxylic acids is 4. The molecule has 0 heterocycles. The minimum atomic E-state index is -0.994. The molecule has 19 nitrogen and oxygen atoms in total. The third kappa shape index (κ3) is 26.6. The van der Waals surface area contributed by atoms with Gasteiger partial charge in [-0.15, -0.1) is 30.2 Å². The van der Waals surface area contributed by atoms with Gasteiger partial charge in [0.1, 0.15) is 0 Å². The molecule has 0 aromatic heterocycles. The van der Waals surface area contributed by atoms with E-state index in [1.54, 1.807) is 6.92 Å². The smallest absolute Gasteiger partial charge is 0.481 e. The number of hydrogen-bond acceptors (Lipinski definition) is 15. The monoisotopic (exact) mass is 1450 g/mol. The van der Waals surface area contributed by atoms with Gasteiger partial charge in [-0.3, -0.25) is 33.6 Å². The zero-order valence-electron chi connectivity index (χ0n) is 58.6. The second-order valence-corrected chi connectivity index (χ2v) is 25.3. The molecule has 8 N–H and O–H groups in total. The van der Waals surface area contributed by atoms with Crippen LogP contribution in [0.4, 0.5) is 0 Å². The van der Waals surface area contributed by atoms with E-state index in [-0.39, 0.29) is 73.8 Å². The van der Waals surface area contributed by atoms with Gasteiger partial charge in [-0.2, -0.15) is 0 Å². The minimum absolute atomic E-state index is 0. The van der Waals surface area contributed by atoms with Gasteiger partial charge in [-0.05, 0) is 225 Å². The maximum atomic E-state index is 12.1. The summed E-state index contributed by atoms with van der Waals surface area (Å²) < 4.78 is 5.03. The number of carbonyl (C=O) groups excluding carboxylic acids is 3. The van der Waals surface area contributed by atoms with E-state index in [2.05, 4.69) is 77.8 Å².